The number of ether oxygens (including phenoxy) is 2. The number of rotatable bonds is 8. The zero-order valence-corrected chi connectivity index (χ0v) is 14.9. The lowest BCUT2D eigenvalue weighted by molar-refractivity contribution is -0.885. The van der Waals surface area contributed by atoms with Crippen molar-refractivity contribution in [1.29, 1.82) is 0 Å². The third kappa shape index (κ3) is 5.18. The van der Waals surface area contributed by atoms with Gasteiger partial charge in [0.1, 0.15) is 23.7 Å². The maximum atomic E-state index is 12.2. The van der Waals surface area contributed by atoms with E-state index in [0.29, 0.717) is 12.3 Å². The minimum Gasteiger partial charge on any atom is -0.497 e. The Balaban J connectivity index is 1.98. The van der Waals surface area contributed by atoms with E-state index in [1.807, 2.05) is 31.3 Å². The molecule has 0 fully saturated rings. The Morgan fingerprint density at radius 2 is 1.73 bits per heavy atom. The van der Waals surface area contributed by atoms with E-state index in [9.17, 15) is 14.9 Å². The van der Waals surface area contributed by atoms with Gasteiger partial charge in [0.25, 0.3) is 11.6 Å². The van der Waals surface area contributed by atoms with Crippen LogP contribution < -0.4 is 19.7 Å². The first kappa shape index (κ1) is 19.2. The molecule has 138 valence electrons. The standard InChI is InChI=1S/C18H21N3O5/c1-20(11-13-4-6-14(25-2)7-5-13)12-18(22)19-16-9-8-15(26-3)10-17(16)21(23)24/h4-10H,11-12H2,1-3H3,(H,19,22)/p+1. The average molecular weight is 360 g/mol. The van der Waals surface area contributed by atoms with Crippen molar-refractivity contribution in [2.75, 3.05) is 33.1 Å². The molecule has 1 unspecified atom stereocenters. The molecule has 0 aliphatic rings. The summed E-state index contributed by atoms with van der Waals surface area (Å²) >= 11 is 0. The summed E-state index contributed by atoms with van der Waals surface area (Å²) < 4.78 is 10.1. The first-order chi connectivity index (χ1) is 12.4. The Hall–Kier alpha value is -3.13. The van der Waals surface area contributed by atoms with Crippen molar-refractivity contribution in [1.82, 2.24) is 0 Å². The van der Waals surface area contributed by atoms with Crippen LogP contribution in [-0.4, -0.2) is 38.6 Å². The van der Waals surface area contributed by atoms with Gasteiger partial charge in [0.05, 0.1) is 32.3 Å². The Kier molecular flexibility index (Phi) is 6.51. The Bertz CT molecular complexity index is 777. The molecule has 2 aromatic carbocycles. The van der Waals surface area contributed by atoms with E-state index in [2.05, 4.69) is 5.32 Å². The van der Waals surface area contributed by atoms with Gasteiger partial charge < -0.3 is 19.7 Å². The molecule has 2 N–H and O–H groups in total. The monoisotopic (exact) mass is 360 g/mol. The first-order valence-electron chi connectivity index (χ1n) is 7.99. The minimum absolute atomic E-state index is 0.151. The van der Waals surface area contributed by atoms with Crippen LogP contribution in [0, 0.1) is 10.1 Å². The normalized spacial score (nSPS) is 11.5. The fraction of sp³-hybridized carbons (Fsp3) is 0.278. The van der Waals surface area contributed by atoms with E-state index in [-0.39, 0.29) is 23.8 Å². The number of hydrogen-bond acceptors (Lipinski definition) is 5. The van der Waals surface area contributed by atoms with E-state index in [4.69, 9.17) is 9.47 Å². The number of hydrogen-bond donors (Lipinski definition) is 2. The number of nitro benzene ring substituents is 1. The molecule has 0 saturated heterocycles. The number of nitro groups is 1. The van der Waals surface area contributed by atoms with Crippen molar-refractivity contribution in [2.24, 2.45) is 0 Å². The van der Waals surface area contributed by atoms with Gasteiger partial charge in [0, 0.05) is 5.56 Å². The molecule has 2 rings (SSSR count). The smallest absolute Gasteiger partial charge is 0.296 e. The summed E-state index contributed by atoms with van der Waals surface area (Å²) in [5.74, 6) is 0.831. The summed E-state index contributed by atoms with van der Waals surface area (Å²) in [6.45, 7) is 0.817. The SMILES string of the molecule is COc1ccc(C[NH+](C)CC(=O)Nc2ccc(OC)cc2[N+](=O)[O-])cc1. The van der Waals surface area contributed by atoms with Crippen molar-refractivity contribution in [3.05, 3.63) is 58.1 Å². The lowest BCUT2D eigenvalue weighted by Gasteiger charge is -2.14. The van der Waals surface area contributed by atoms with Crippen molar-refractivity contribution in [3.63, 3.8) is 0 Å². The van der Waals surface area contributed by atoms with Gasteiger partial charge >= 0.3 is 0 Å². The molecule has 8 nitrogen and oxygen atoms in total. The maximum Gasteiger partial charge on any atom is 0.296 e. The summed E-state index contributed by atoms with van der Waals surface area (Å²) in [7, 11) is 4.91. The predicted octanol–water partition coefficient (Wildman–Crippen LogP) is 1.27. The number of carbonyl (C=O) groups excluding carboxylic acids is 1. The second kappa shape index (κ2) is 8.82. The zero-order valence-electron chi connectivity index (χ0n) is 14.9. The fourth-order valence-electron chi connectivity index (χ4n) is 2.52. The van der Waals surface area contributed by atoms with Gasteiger partial charge in [-0.1, -0.05) is 0 Å². The molecule has 0 saturated carbocycles. The van der Waals surface area contributed by atoms with Gasteiger partial charge in [-0.05, 0) is 36.4 Å². The predicted molar refractivity (Wildman–Crippen MR) is 96.7 cm³/mol. The third-order valence-electron chi connectivity index (χ3n) is 3.80. The van der Waals surface area contributed by atoms with Gasteiger partial charge in [-0.2, -0.15) is 0 Å². The highest BCUT2D eigenvalue weighted by atomic mass is 16.6. The number of carbonyl (C=O) groups is 1. The summed E-state index contributed by atoms with van der Waals surface area (Å²) in [4.78, 5) is 23.8. The van der Waals surface area contributed by atoms with Crippen LogP contribution in [0.25, 0.3) is 0 Å². The van der Waals surface area contributed by atoms with Crippen molar-refractivity contribution in [2.45, 2.75) is 6.54 Å². The first-order valence-corrected chi connectivity index (χ1v) is 7.99. The fourth-order valence-corrected chi connectivity index (χ4v) is 2.52. The van der Waals surface area contributed by atoms with Crippen LogP contribution in [0.1, 0.15) is 5.56 Å². The minimum atomic E-state index is -0.550. The number of anilines is 1. The molecule has 1 atom stereocenters. The molecule has 0 aliphatic heterocycles. The molecule has 1 amide bonds. The van der Waals surface area contributed by atoms with Crippen LogP contribution in [0.2, 0.25) is 0 Å². The summed E-state index contributed by atoms with van der Waals surface area (Å²) in [5, 5.41) is 13.8. The lowest BCUT2D eigenvalue weighted by atomic mass is 10.2. The number of nitrogens with zero attached hydrogens (tertiary/aromatic N) is 1. The molecule has 0 radical (unpaired) electrons. The van der Waals surface area contributed by atoms with E-state index in [0.717, 1.165) is 16.2 Å². The summed E-state index contributed by atoms with van der Waals surface area (Å²) in [6.07, 6.45) is 0. The zero-order chi connectivity index (χ0) is 19.1. The topological polar surface area (TPSA) is 95.1 Å². The van der Waals surface area contributed by atoms with Crippen molar-refractivity contribution >= 4 is 17.3 Å². The Labute approximate surface area is 151 Å². The van der Waals surface area contributed by atoms with Gasteiger partial charge in [0.15, 0.2) is 6.54 Å². The highest BCUT2D eigenvalue weighted by Crippen LogP contribution is 2.28. The van der Waals surface area contributed by atoms with E-state index in [1.54, 1.807) is 13.2 Å². The third-order valence-corrected chi connectivity index (χ3v) is 3.80. The number of nitrogens with one attached hydrogen (secondary N) is 2. The molecule has 0 heterocycles. The van der Waals surface area contributed by atoms with E-state index < -0.39 is 4.92 Å². The summed E-state index contributed by atoms with van der Waals surface area (Å²) in [6, 6.07) is 11.9. The number of likely N-dealkylation sites (N-methyl/N-ethyl adjacent to an activating group) is 1. The number of benzene rings is 2. The molecule has 8 heteroatoms. The molecular formula is C18H22N3O5+. The maximum absolute atomic E-state index is 12.2. The van der Waals surface area contributed by atoms with Gasteiger partial charge in [-0.25, -0.2) is 0 Å². The molecule has 26 heavy (non-hydrogen) atoms. The molecule has 0 aromatic heterocycles. The van der Waals surface area contributed by atoms with Crippen molar-refractivity contribution < 1.29 is 24.1 Å². The second-order valence-corrected chi connectivity index (χ2v) is 5.85. The van der Waals surface area contributed by atoms with Crippen LogP contribution in [0.5, 0.6) is 11.5 Å². The second-order valence-electron chi connectivity index (χ2n) is 5.85. The van der Waals surface area contributed by atoms with Crippen LogP contribution >= 0.6 is 0 Å². The van der Waals surface area contributed by atoms with E-state index >= 15 is 0 Å². The lowest BCUT2D eigenvalue weighted by Crippen LogP contribution is -3.08. The van der Waals surface area contributed by atoms with E-state index in [1.165, 1.54) is 19.2 Å². The van der Waals surface area contributed by atoms with Gasteiger partial charge in [-0.3, -0.25) is 14.9 Å². The molecule has 2 aromatic rings. The summed E-state index contributed by atoms with van der Waals surface area (Å²) in [5.41, 5.74) is 1.01. The van der Waals surface area contributed by atoms with Crippen molar-refractivity contribution in [3.8, 4) is 11.5 Å². The highest BCUT2D eigenvalue weighted by Gasteiger charge is 2.19. The molecule has 0 bridgehead atoms. The van der Waals surface area contributed by atoms with Crippen LogP contribution in [-0.2, 0) is 11.3 Å². The number of quaternary nitrogens is 1. The molecular weight excluding hydrogens is 338 g/mol. The number of amides is 1. The Morgan fingerprint density at radius 1 is 1.12 bits per heavy atom. The van der Waals surface area contributed by atoms with Crippen LogP contribution in [0.15, 0.2) is 42.5 Å². The molecule has 0 aliphatic carbocycles. The van der Waals surface area contributed by atoms with Gasteiger partial charge in [0.2, 0.25) is 0 Å². The van der Waals surface area contributed by atoms with Gasteiger partial charge in [-0.15, -0.1) is 0 Å². The number of methoxy groups -OCH3 is 2. The highest BCUT2D eigenvalue weighted by molar-refractivity contribution is 5.93. The average Bonchev–Trinajstić information content (AvgIpc) is 2.62. The van der Waals surface area contributed by atoms with Crippen LogP contribution in [0.4, 0.5) is 11.4 Å². The quantitative estimate of drug-likeness (QED) is 0.546. The van der Waals surface area contributed by atoms with Crippen LogP contribution in [0.3, 0.4) is 0 Å². The largest absolute Gasteiger partial charge is 0.497 e. The molecule has 0 spiro atoms. The Morgan fingerprint density at radius 3 is 2.31 bits per heavy atom.